The van der Waals surface area contributed by atoms with Crippen molar-refractivity contribution in [1.82, 2.24) is 9.88 Å². The first-order valence-electron chi connectivity index (χ1n) is 9.62. The number of hydrogen-bond acceptors (Lipinski definition) is 4. The molecule has 0 atom stereocenters. The molecule has 0 radical (unpaired) electrons. The van der Waals surface area contributed by atoms with Crippen LogP contribution in [0, 0.1) is 11.7 Å². The number of ether oxygens (including phenoxy) is 1. The van der Waals surface area contributed by atoms with E-state index in [-0.39, 0.29) is 30.2 Å². The number of benzene rings is 1. The van der Waals surface area contributed by atoms with Crippen molar-refractivity contribution in [2.24, 2.45) is 5.92 Å². The maximum atomic E-state index is 13.9. The van der Waals surface area contributed by atoms with E-state index in [1.165, 1.54) is 19.1 Å². The first-order chi connectivity index (χ1) is 13.5. The van der Waals surface area contributed by atoms with Gasteiger partial charge in [0.05, 0.1) is 6.61 Å². The Morgan fingerprint density at radius 2 is 2.04 bits per heavy atom. The fraction of sp³-hybridized carbons (Fsp3) is 0.409. The number of carbonyl (C=O) groups is 2. The zero-order valence-electron chi connectivity index (χ0n) is 16.3. The lowest BCUT2D eigenvalue weighted by Crippen LogP contribution is -2.31. The summed E-state index contributed by atoms with van der Waals surface area (Å²) >= 11 is 0. The smallest absolute Gasteiger partial charge is 0.302 e. The van der Waals surface area contributed by atoms with Crippen molar-refractivity contribution in [1.29, 1.82) is 0 Å². The van der Waals surface area contributed by atoms with Crippen LogP contribution in [0.25, 0.3) is 11.1 Å². The van der Waals surface area contributed by atoms with Crippen LogP contribution in [0.3, 0.4) is 0 Å². The van der Waals surface area contributed by atoms with Crippen LogP contribution >= 0.6 is 0 Å². The maximum absolute atomic E-state index is 13.9. The maximum Gasteiger partial charge on any atom is 0.302 e. The highest BCUT2D eigenvalue weighted by molar-refractivity contribution is 5.81. The lowest BCUT2D eigenvalue weighted by atomic mass is 9.98. The molecule has 0 N–H and O–H groups in total. The van der Waals surface area contributed by atoms with Crippen molar-refractivity contribution in [2.75, 3.05) is 13.2 Å². The summed E-state index contributed by atoms with van der Waals surface area (Å²) in [4.78, 5) is 29.5. The molecule has 1 saturated carbocycles. The van der Waals surface area contributed by atoms with Gasteiger partial charge in [-0.25, -0.2) is 4.39 Å². The Labute approximate surface area is 164 Å². The number of pyridine rings is 1. The van der Waals surface area contributed by atoms with Crippen LogP contribution in [0.2, 0.25) is 0 Å². The van der Waals surface area contributed by atoms with Crippen molar-refractivity contribution in [2.45, 2.75) is 39.7 Å². The van der Waals surface area contributed by atoms with E-state index < -0.39 is 0 Å². The number of halogens is 1. The van der Waals surface area contributed by atoms with Crippen LogP contribution in [-0.4, -0.2) is 34.9 Å². The van der Waals surface area contributed by atoms with Crippen molar-refractivity contribution in [3.05, 3.63) is 53.6 Å². The molecule has 2 aromatic rings. The minimum absolute atomic E-state index is 0.128. The van der Waals surface area contributed by atoms with E-state index in [1.54, 1.807) is 23.4 Å². The van der Waals surface area contributed by atoms with Gasteiger partial charge < -0.3 is 9.64 Å². The number of nitrogens with zero attached hydrogens (tertiary/aromatic N) is 2. The van der Waals surface area contributed by atoms with Crippen LogP contribution in [0.1, 0.15) is 37.8 Å². The predicted molar refractivity (Wildman–Crippen MR) is 104 cm³/mol. The molecule has 0 saturated heterocycles. The van der Waals surface area contributed by atoms with Gasteiger partial charge >= 0.3 is 5.97 Å². The van der Waals surface area contributed by atoms with Crippen LogP contribution in [-0.2, 0) is 27.3 Å². The molecule has 1 heterocycles. The highest BCUT2D eigenvalue weighted by atomic mass is 19.1. The van der Waals surface area contributed by atoms with Crippen LogP contribution in [0.15, 0.2) is 36.7 Å². The minimum Gasteiger partial charge on any atom is -0.466 e. The second-order valence-corrected chi connectivity index (χ2v) is 7.10. The Bertz CT molecular complexity index is 865. The van der Waals surface area contributed by atoms with Gasteiger partial charge in [0.25, 0.3) is 0 Å². The number of esters is 1. The van der Waals surface area contributed by atoms with Crippen LogP contribution < -0.4 is 0 Å². The van der Waals surface area contributed by atoms with Gasteiger partial charge in [-0.05, 0) is 54.7 Å². The molecule has 1 aliphatic carbocycles. The van der Waals surface area contributed by atoms with Gasteiger partial charge in [-0.15, -0.1) is 0 Å². The van der Waals surface area contributed by atoms with E-state index in [4.69, 9.17) is 4.74 Å². The molecule has 1 amide bonds. The molecular weight excluding hydrogens is 359 g/mol. The zero-order valence-corrected chi connectivity index (χ0v) is 16.3. The first-order valence-corrected chi connectivity index (χ1v) is 9.62. The Hall–Kier alpha value is -2.76. The summed E-state index contributed by atoms with van der Waals surface area (Å²) in [5, 5.41) is 0. The fourth-order valence-corrected chi connectivity index (χ4v) is 3.20. The van der Waals surface area contributed by atoms with Crippen LogP contribution in [0.4, 0.5) is 4.39 Å². The summed E-state index contributed by atoms with van der Waals surface area (Å²) in [5.41, 5.74) is 3.39. The molecule has 5 nitrogen and oxygen atoms in total. The fourth-order valence-electron chi connectivity index (χ4n) is 3.20. The standard InChI is InChI=1S/C22H25FN2O3/c1-3-25(22(27)17-4-5-17)14-19-11-20(23)6-7-21(19)18-10-16(12-24-13-18)8-9-28-15(2)26/h6-7,10-13,17H,3-5,8-9,14H2,1-2H3. The molecular formula is C22H25FN2O3. The largest absolute Gasteiger partial charge is 0.466 e. The second-order valence-electron chi connectivity index (χ2n) is 7.10. The molecule has 0 unspecified atom stereocenters. The van der Waals surface area contributed by atoms with E-state index in [9.17, 15) is 14.0 Å². The van der Waals surface area contributed by atoms with E-state index in [2.05, 4.69) is 4.98 Å². The van der Waals surface area contributed by atoms with Gasteiger partial charge in [-0.2, -0.15) is 0 Å². The third-order valence-electron chi connectivity index (χ3n) is 4.85. The molecule has 3 rings (SSSR count). The van der Waals surface area contributed by atoms with E-state index >= 15 is 0 Å². The third kappa shape index (κ3) is 5.15. The Balaban J connectivity index is 1.83. The minimum atomic E-state index is -0.326. The summed E-state index contributed by atoms with van der Waals surface area (Å²) in [7, 11) is 0. The number of aromatic nitrogens is 1. The number of rotatable bonds is 8. The van der Waals surface area contributed by atoms with Crippen LogP contribution in [0.5, 0.6) is 0 Å². The van der Waals surface area contributed by atoms with Gasteiger partial charge in [-0.3, -0.25) is 14.6 Å². The highest BCUT2D eigenvalue weighted by Crippen LogP contribution is 2.32. The van der Waals surface area contributed by atoms with E-state index in [1.807, 2.05) is 13.0 Å². The van der Waals surface area contributed by atoms with E-state index in [0.29, 0.717) is 19.5 Å². The predicted octanol–water partition coefficient (Wildman–Crippen LogP) is 3.75. The molecule has 0 spiro atoms. The highest BCUT2D eigenvalue weighted by Gasteiger charge is 2.33. The summed E-state index contributed by atoms with van der Waals surface area (Å²) in [6, 6.07) is 6.60. The van der Waals surface area contributed by atoms with Crippen molar-refractivity contribution >= 4 is 11.9 Å². The normalized spacial score (nSPS) is 13.2. The zero-order chi connectivity index (χ0) is 20.1. The summed E-state index contributed by atoms with van der Waals surface area (Å²) in [6.07, 6.45) is 5.90. The van der Waals surface area contributed by atoms with Crippen molar-refractivity contribution < 1.29 is 18.7 Å². The van der Waals surface area contributed by atoms with Crippen molar-refractivity contribution in [3.8, 4) is 11.1 Å². The van der Waals surface area contributed by atoms with E-state index in [0.717, 1.165) is 35.1 Å². The van der Waals surface area contributed by atoms with Crippen molar-refractivity contribution in [3.63, 3.8) is 0 Å². The molecule has 0 bridgehead atoms. The van der Waals surface area contributed by atoms with Gasteiger partial charge in [0, 0.05) is 50.3 Å². The molecule has 1 aliphatic rings. The number of amides is 1. The number of hydrogen-bond donors (Lipinski definition) is 0. The van der Waals surface area contributed by atoms with Gasteiger partial charge in [-0.1, -0.05) is 6.07 Å². The average molecular weight is 384 g/mol. The Morgan fingerprint density at radius 1 is 1.25 bits per heavy atom. The average Bonchev–Trinajstić information content (AvgIpc) is 3.51. The SMILES string of the molecule is CCN(Cc1cc(F)ccc1-c1cncc(CCOC(C)=O)c1)C(=O)C1CC1. The quantitative estimate of drug-likeness (QED) is 0.651. The third-order valence-corrected chi connectivity index (χ3v) is 4.85. The molecule has 0 aliphatic heterocycles. The number of carbonyl (C=O) groups excluding carboxylic acids is 2. The molecule has 1 aromatic heterocycles. The topological polar surface area (TPSA) is 59.5 Å². The summed E-state index contributed by atoms with van der Waals surface area (Å²) < 4.78 is 18.9. The van der Waals surface area contributed by atoms with Gasteiger partial charge in [0.15, 0.2) is 0 Å². The van der Waals surface area contributed by atoms with Gasteiger partial charge in [0.1, 0.15) is 5.82 Å². The molecule has 6 heteroatoms. The van der Waals surface area contributed by atoms with Gasteiger partial charge in [0.2, 0.25) is 5.91 Å². The summed E-state index contributed by atoms with van der Waals surface area (Å²) in [5.74, 6) is -0.369. The Morgan fingerprint density at radius 3 is 2.71 bits per heavy atom. The lowest BCUT2D eigenvalue weighted by molar-refractivity contribution is -0.140. The molecule has 1 fully saturated rings. The Kier molecular flexibility index (Phi) is 6.39. The lowest BCUT2D eigenvalue weighted by Gasteiger charge is -2.23. The second kappa shape index (κ2) is 8.95. The molecule has 28 heavy (non-hydrogen) atoms. The summed E-state index contributed by atoms with van der Waals surface area (Å²) in [6.45, 7) is 4.57. The first kappa shape index (κ1) is 20.0. The molecule has 148 valence electrons. The monoisotopic (exact) mass is 384 g/mol. The molecule has 1 aromatic carbocycles.